The second-order valence-electron chi connectivity index (χ2n) is 5.36. The van der Waals surface area contributed by atoms with Crippen LogP contribution in [-0.4, -0.2) is 25.8 Å². The van der Waals surface area contributed by atoms with E-state index in [9.17, 15) is 4.79 Å². The molecule has 0 aliphatic heterocycles. The minimum atomic E-state index is -0.187. The average Bonchev–Trinajstić information content (AvgIpc) is 3.09. The van der Waals surface area contributed by atoms with Gasteiger partial charge in [0.25, 0.3) is 0 Å². The fourth-order valence-corrected chi connectivity index (χ4v) is 3.50. The van der Waals surface area contributed by atoms with Gasteiger partial charge in [0, 0.05) is 12.5 Å². The predicted octanol–water partition coefficient (Wildman–Crippen LogP) is 2.91. The molecular weight excluding hydrogens is 272 g/mol. The monoisotopic (exact) mass is 292 g/mol. The van der Waals surface area contributed by atoms with Crippen molar-refractivity contribution in [1.29, 1.82) is 0 Å². The molecule has 108 valence electrons. The molecule has 0 aromatic carbocycles. The molecule has 0 amide bonds. The van der Waals surface area contributed by atoms with Gasteiger partial charge in [0.15, 0.2) is 5.65 Å². The van der Waals surface area contributed by atoms with Crippen LogP contribution in [0, 0.1) is 0 Å². The molecule has 6 heteroatoms. The third kappa shape index (κ3) is 2.26. The number of H-pyrrole nitrogens is 1. The second kappa shape index (κ2) is 5.60. The first kappa shape index (κ1) is 13.7. The third-order valence-electron chi connectivity index (χ3n) is 3.98. The zero-order valence-electron chi connectivity index (χ0n) is 12.0. The number of rotatable bonds is 4. The van der Waals surface area contributed by atoms with Gasteiger partial charge in [0.2, 0.25) is 0 Å². The molecule has 0 atom stereocenters. The lowest BCUT2D eigenvalue weighted by atomic mass is 10.1. The van der Waals surface area contributed by atoms with Crippen molar-refractivity contribution in [3.05, 3.63) is 16.3 Å². The summed E-state index contributed by atoms with van der Waals surface area (Å²) < 4.78 is 1.70. The van der Waals surface area contributed by atoms with Crippen LogP contribution in [0.25, 0.3) is 11.2 Å². The highest BCUT2D eigenvalue weighted by molar-refractivity contribution is 7.98. The molecule has 1 N–H and O–H groups in total. The third-order valence-corrected chi connectivity index (χ3v) is 4.67. The summed E-state index contributed by atoms with van der Waals surface area (Å²) in [6.45, 7) is 2.73. The van der Waals surface area contributed by atoms with E-state index in [-0.39, 0.29) is 5.69 Å². The highest BCUT2D eigenvalue weighted by Gasteiger charge is 2.22. The molecule has 20 heavy (non-hydrogen) atoms. The van der Waals surface area contributed by atoms with Crippen molar-refractivity contribution in [3.63, 3.8) is 0 Å². The van der Waals surface area contributed by atoms with E-state index in [1.54, 1.807) is 4.57 Å². The second-order valence-corrected chi connectivity index (χ2v) is 6.15. The number of aromatic amines is 1. The van der Waals surface area contributed by atoms with Gasteiger partial charge in [-0.2, -0.15) is 4.98 Å². The highest BCUT2D eigenvalue weighted by Crippen LogP contribution is 2.34. The molecule has 0 bridgehead atoms. The number of nitrogens with zero attached hydrogens (tertiary/aromatic N) is 3. The lowest BCUT2D eigenvalue weighted by Crippen LogP contribution is -2.24. The van der Waals surface area contributed by atoms with Crippen LogP contribution in [0.1, 0.15) is 50.8 Å². The predicted molar refractivity (Wildman–Crippen MR) is 81.4 cm³/mol. The Morgan fingerprint density at radius 2 is 2.10 bits per heavy atom. The number of aryl methyl sites for hydroxylation is 1. The van der Waals surface area contributed by atoms with Crippen molar-refractivity contribution in [3.8, 4) is 0 Å². The van der Waals surface area contributed by atoms with Crippen molar-refractivity contribution < 1.29 is 0 Å². The Hall–Kier alpha value is -1.30. The van der Waals surface area contributed by atoms with Gasteiger partial charge < -0.3 is 4.98 Å². The molecule has 0 spiro atoms. The maximum absolute atomic E-state index is 12.1. The Labute approximate surface area is 122 Å². The largest absolute Gasteiger partial charge is 0.350 e. The Balaban J connectivity index is 2.18. The van der Waals surface area contributed by atoms with Crippen molar-refractivity contribution in [2.75, 3.05) is 6.26 Å². The van der Waals surface area contributed by atoms with Crippen LogP contribution >= 0.6 is 11.8 Å². The molecule has 1 saturated carbocycles. The van der Waals surface area contributed by atoms with E-state index in [2.05, 4.69) is 16.9 Å². The van der Waals surface area contributed by atoms with E-state index in [0.29, 0.717) is 12.5 Å². The Bertz CT molecular complexity index is 670. The molecule has 0 radical (unpaired) electrons. The smallest absolute Gasteiger partial charge is 0.338 e. The summed E-state index contributed by atoms with van der Waals surface area (Å²) in [5.41, 5.74) is 1.51. The van der Waals surface area contributed by atoms with Crippen LogP contribution < -0.4 is 5.69 Å². The van der Waals surface area contributed by atoms with Gasteiger partial charge in [-0.05, 0) is 25.5 Å². The van der Waals surface area contributed by atoms with Crippen LogP contribution in [0.3, 0.4) is 0 Å². The minimum Gasteiger partial charge on any atom is -0.338 e. The first-order valence-corrected chi connectivity index (χ1v) is 8.51. The topological polar surface area (TPSA) is 63.6 Å². The van der Waals surface area contributed by atoms with Crippen molar-refractivity contribution in [1.82, 2.24) is 19.5 Å². The Kier molecular flexibility index (Phi) is 3.83. The SMILES string of the molecule is CCCn1c(=O)nc(SC)c2[nH]c(C3CCCC3)nc21. The molecule has 2 aromatic heterocycles. The average molecular weight is 292 g/mol. The molecular formula is C14H20N4OS. The fourth-order valence-electron chi connectivity index (χ4n) is 2.99. The summed E-state index contributed by atoms with van der Waals surface area (Å²) in [5.74, 6) is 1.55. The summed E-state index contributed by atoms with van der Waals surface area (Å²) in [6.07, 6.45) is 7.79. The summed E-state index contributed by atoms with van der Waals surface area (Å²) in [4.78, 5) is 24.5. The maximum atomic E-state index is 12.1. The number of hydrogen-bond donors (Lipinski definition) is 1. The molecule has 0 saturated heterocycles. The molecule has 1 aliphatic rings. The van der Waals surface area contributed by atoms with Gasteiger partial charge in [0.1, 0.15) is 16.4 Å². The number of hydrogen-bond acceptors (Lipinski definition) is 4. The summed E-state index contributed by atoms with van der Waals surface area (Å²) >= 11 is 1.50. The highest BCUT2D eigenvalue weighted by atomic mass is 32.2. The van der Waals surface area contributed by atoms with Crippen molar-refractivity contribution >= 4 is 22.9 Å². The molecule has 5 nitrogen and oxygen atoms in total. The number of nitrogens with one attached hydrogen (secondary N) is 1. The van der Waals surface area contributed by atoms with E-state index in [4.69, 9.17) is 4.98 Å². The van der Waals surface area contributed by atoms with Gasteiger partial charge in [-0.15, -0.1) is 11.8 Å². The molecule has 0 unspecified atom stereocenters. The van der Waals surface area contributed by atoms with Crippen LogP contribution in [0.4, 0.5) is 0 Å². The first-order valence-electron chi connectivity index (χ1n) is 7.29. The zero-order valence-corrected chi connectivity index (χ0v) is 12.8. The minimum absolute atomic E-state index is 0.187. The van der Waals surface area contributed by atoms with Gasteiger partial charge in [-0.3, -0.25) is 4.57 Å². The van der Waals surface area contributed by atoms with Gasteiger partial charge in [0.05, 0.1) is 0 Å². The summed E-state index contributed by atoms with van der Waals surface area (Å²) in [7, 11) is 0. The van der Waals surface area contributed by atoms with Crippen LogP contribution in [0.5, 0.6) is 0 Å². The standard InChI is InChI=1S/C14H20N4OS/c1-3-8-18-12-10(13(20-2)17-14(18)19)15-11(16-12)9-6-4-5-7-9/h9H,3-8H2,1-2H3,(H,15,16). The molecule has 3 rings (SSSR count). The van der Waals surface area contributed by atoms with E-state index in [1.165, 1.54) is 37.4 Å². The van der Waals surface area contributed by atoms with Crippen LogP contribution in [-0.2, 0) is 6.54 Å². The lowest BCUT2D eigenvalue weighted by molar-refractivity contribution is 0.644. The van der Waals surface area contributed by atoms with E-state index < -0.39 is 0 Å². The number of thioether (sulfide) groups is 1. The molecule has 1 fully saturated rings. The van der Waals surface area contributed by atoms with Gasteiger partial charge in [-0.1, -0.05) is 19.8 Å². The number of fused-ring (bicyclic) bond motifs is 1. The molecule has 2 aromatic rings. The number of aromatic nitrogens is 4. The first-order chi connectivity index (χ1) is 9.74. The van der Waals surface area contributed by atoms with Crippen molar-refractivity contribution in [2.24, 2.45) is 0 Å². The van der Waals surface area contributed by atoms with Crippen molar-refractivity contribution in [2.45, 2.75) is 56.5 Å². The van der Waals surface area contributed by atoms with Crippen LogP contribution in [0.2, 0.25) is 0 Å². The molecule has 1 aliphatic carbocycles. The quantitative estimate of drug-likeness (QED) is 0.695. The molecule has 2 heterocycles. The van der Waals surface area contributed by atoms with E-state index >= 15 is 0 Å². The van der Waals surface area contributed by atoms with E-state index in [0.717, 1.165) is 28.4 Å². The zero-order chi connectivity index (χ0) is 14.1. The normalized spacial score (nSPS) is 16.3. The van der Waals surface area contributed by atoms with E-state index in [1.807, 2.05) is 6.26 Å². The van der Waals surface area contributed by atoms with Crippen LogP contribution in [0.15, 0.2) is 9.82 Å². The Morgan fingerprint density at radius 3 is 2.75 bits per heavy atom. The fraction of sp³-hybridized carbons (Fsp3) is 0.643. The maximum Gasteiger partial charge on any atom is 0.350 e. The van der Waals surface area contributed by atoms with Gasteiger partial charge >= 0.3 is 5.69 Å². The Morgan fingerprint density at radius 1 is 1.35 bits per heavy atom. The number of imidazole rings is 1. The summed E-state index contributed by atoms with van der Waals surface area (Å²) in [5, 5.41) is 0.758. The summed E-state index contributed by atoms with van der Waals surface area (Å²) in [6, 6.07) is 0. The van der Waals surface area contributed by atoms with Gasteiger partial charge in [-0.25, -0.2) is 9.78 Å². The lowest BCUT2D eigenvalue weighted by Gasteiger charge is -2.05.